The number of hydrogen-bond donors (Lipinski definition) is 1. The zero-order chi connectivity index (χ0) is 24.3. The Bertz CT molecular complexity index is 1070. The third-order valence-corrected chi connectivity index (χ3v) is 11.6. The van der Waals surface area contributed by atoms with Crippen LogP contribution in [0.4, 0.5) is 0 Å². The predicted molar refractivity (Wildman–Crippen MR) is 128 cm³/mol. The van der Waals surface area contributed by atoms with E-state index in [4.69, 9.17) is 28.9 Å². The molecular formula is C24H32Cl2N2O4S. The first-order chi connectivity index (χ1) is 15.3. The second kappa shape index (κ2) is 8.51. The Hall–Kier alpha value is -1.15. The maximum absolute atomic E-state index is 13.6. The van der Waals surface area contributed by atoms with E-state index in [1.54, 1.807) is 20.8 Å². The number of Topliss-reactive ketones (excluding diaryl/α,β-unsaturated/α-hetero) is 1. The summed E-state index contributed by atoms with van der Waals surface area (Å²) in [7, 11) is -4.05. The molecule has 1 amide bonds. The average Bonchev–Trinajstić information content (AvgIpc) is 2.71. The summed E-state index contributed by atoms with van der Waals surface area (Å²) in [5, 5.41) is 0.105. The number of carbonyl (C=O) groups is 2. The lowest BCUT2D eigenvalue weighted by Gasteiger charge is -2.59. The van der Waals surface area contributed by atoms with Gasteiger partial charge in [0, 0.05) is 18.4 Å². The zero-order valence-corrected chi connectivity index (χ0v) is 21.6. The highest BCUT2D eigenvalue weighted by Crippen LogP contribution is 2.63. The van der Waals surface area contributed by atoms with Gasteiger partial charge >= 0.3 is 0 Å². The molecule has 182 valence electrons. The zero-order valence-electron chi connectivity index (χ0n) is 19.3. The predicted octanol–water partition coefficient (Wildman–Crippen LogP) is 4.67. The van der Waals surface area contributed by atoms with Gasteiger partial charge in [0.15, 0.2) is 5.78 Å². The molecule has 0 radical (unpaired) electrons. The van der Waals surface area contributed by atoms with Crippen molar-refractivity contribution in [3.8, 4) is 0 Å². The number of primary amides is 1. The van der Waals surface area contributed by atoms with E-state index in [-0.39, 0.29) is 50.9 Å². The van der Waals surface area contributed by atoms with Crippen LogP contribution in [-0.2, 0) is 19.6 Å². The highest BCUT2D eigenvalue weighted by atomic mass is 35.5. The molecule has 0 aromatic heterocycles. The molecule has 5 rings (SSSR count). The first kappa shape index (κ1) is 25.0. The van der Waals surface area contributed by atoms with Gasteiger partial charge < -0.3 is 5.73 Å². The van der Waals surface area contributed by atoms with E-state index < -0.39 is 21.0 Å². The quantitative estimate of drug-likeness (QED) is 0.544. The Morgan fingerprint density at radius 1 is 1.15 bits per heavy atom. The molecule has 4 bridgehead atoms. The fraction of sp³-hybridized carbons (Fsp3) is 0.667. The number of carbonyl (C=O) groups excluding carboxylic acids is 2. The van der Waals surface area contributed by atoms with Crippen molar-refractivity contribution in [2.75, 3.05) is 6.54 Å². The van der Waals surface area contributed by atoms with Gasteiger partial charge in [0.2, 0.25) is 15.9 Å². The second-order valence-corrected chi connectivity index (χ2v) is 13.3. The second-order valence-electron chi connectivity index (χ2n) is 10.7. The molecule has 6 nitrogen and oxygen atoms in total. The Morgan fingerprint density at radius 3 is 2.30 bits per heavy atom. The van der Waals surface area contributed by atoms with E-state index >= 15 is 0 Å². The highest BCUT2D eigenvalue weighted by molar-refractivity contribution is 7.89. The van der Waals surface area contributed by atoms with E-state index in [1.807, 2.05) is 0 Å². The summed E-state index contributed by atoms with van der Waals surface area (Å²) in [5.41, 5.74) is 4.13. The SMILES string of the molecule is CCN(C(C)(C)C(=O)CC1C2CC3CC1CC(C(N)=O)(C3)C2)S(=O)(=O)c1cccc(Cl)c1Cl. The van der Waals surface area contributed by atoms with Crippen molar-refractivity contribution in [3.63, 3.8) is 0 Å². The number of likely N-dealkylation sites (N-methyl/N-ethyl adjacent to an activating group) is 1. The first-order valence-corrected chi connectivity index (χ1v) is 13.8. The minimum absolute atomic E-state index is 0.0429. The maximum Gasteiger partial charge on any atom is 0.245 e. The summed E-state index contributed by atoms with van der Waals surface area (Å²) < 4.78 is 28.3. The number of nitrogens with two attached hydrogens (primary N) is 1. The van der Waals surface area contributed by atoms with Gasteiger partial charge in [0.05, 0.1) is 15.6 Å². The van der Waals surface area contributed by atoms with Crippen LogP contribution in [0.3, 0.4) is 0 Å². The maximum atomic E-state index is 13.6. The van der Waals surface area contributed by atoms with E-state index in [0.717, 1.165) is 32.1 Å². The molecule has 9 heteroatoms. The lowest BCUT2D eigenvalue weighted by Crippen LogP contribution is -2.58. The Labute approximate surface area is 206 Å². The van der Waals surface area contributed by atoms with Gasteiger partial charge in [0.25, 0.3) is 0 Å². The van der Waals surface area contributed by atoms with Crippen molar-refractivity contribution >= 4 is 44.9 Å². The molecule has 33 heavy (non-hydrogen) atoms. The number of halogens is 2. The van der Waals surface area contributed by atoms with Gasteiger partial charge in [-0.3, -0.25) is 9.59 Å². The smallest absolute Gasteiger partial charge is 0.245 e. The normalized spacial score (nSPS) is 31.2. The molecule has 1 aromatic carbocycles. The summed E-state index contributed by atoms with van der Waals surface area (Å²) in [6, 6.07) is 4.47. The van der Waals surface area contributed by atoms with Gasteiger partial charge in [0.1, 0.15) is 4.90 Å². The molecule has 4 fully saturated rings. The number of benzene rings is 1. The molecule has 4 saturated carbocycles. The molecule has 1 aromatic rings. The molecule has 2 atom stereocenters. The van der Waals surface area contributed by atoms with Crippen LogP contribution in [0.25, 0.3) is 0 Å². The Balaban J connectivity index is 1.58. The summed E-state index contributed by atoms with van der Waals surface area (Å²) in [5.74, 6) is 0.935. The van der Waals surface area contributed by atoms with Crippen LogP contribution in [0.5, 0.6) is 0 Å². The number of hydrogen-bond acceptors (Lipinski definition) is 4. The van der Waals surface area contributed by atoms with Crippen molar-refractivity contribution < 1.29 is 18.0 Å². The number of nitrogens with zero attached hydrogens (tertiary/aromatic N) is 1. The van der Waals surface area contributed by atoms with Crippen LogP contribution >= 0.6 is 23.2 Å². The van der Waals surface area contributed by atoms with Gasteiger partial charge in [-0.15, -0.1) is 0 Å². The molecule has 2 unspecified atom stereocenters. The fourth-order valence-corrected chi connectivity index (χ4v) is 9.55. The molecule has 4 aliphatic rings. The Kier molecular flexibility index (Phi) is 6.43. The first-order valence-electron chi connectivity index (χ1n) is 11.6. The van der Waals surface area contributed by atoms with Crippen LogP contribution in [0.15, 0.2) is 23.1 Å². The van der Waals surface area contributed by atoms with E-state index in [9.17, 15) is 18.0 Å². The fourth-order valence-electron chi connectivity index (χ4n) is 7.04. The van der Waals surface area contributed by atoms with Gasteiger partial charge in [-0.25, -0.2) is 8.42 Å². The summed E-state index contributed by atoms with van der Waals surface area (Å²) >= 11 is 12.3. The number of sulfonamides is 1. The lowest BCUT2D eigenvalue weighted by molar-refractivity contribution is -0.152. The molecule has 0 spiro atoms. The summed E-state index contributed by atoms with van der Waals surface area (Å²) in [4.78, 5) is 25.8. The van der Waals surface area contributed by atoms with Crippen molar-refractivity contribution in [1.29, 1.82) is 0 Å². The minimum atomic E-state index is -4.05. The number of ketones is 1. The van der Waals surface area contributed by atoms with Crippen LogP contribution in [-0.4, -0.2) is 36.5 Å². The topological polar surface area (TPSA) is 97.5 Å². The molecule has 4 aliphatic carbocycles. The summed E-state index contributed by atoms with van der Waals surface area (Å²) in [6.07, 6.45) is 4.74. The van der Waals surface area contributed by atoms with Crippen LogP contribution in [0, 0.1) is 29.1 Å². The van der Waals surface area contributed by atoms with Crippen molar-refractivity contribution in [2.45, 2.75) is 69.7 Å². The average molecular weight is 516 g/mol. The molecule has 0 aliphatic heterocycles. The van der Waals surface area contributed by atoms with Gasteiger partial charge in [-0.1, -0.05) is 36.2 Å². The van der Waals surface area contributed by atoms with Gasteiger partial charge in [-0.05, 0) is 81.8 Å². The third kappa shape index (κ3) is 4.03. The largest absolute Gasteiger partial charge is 0.369 e. The molecule has 2 N–H and O–H groups in total. The van der Waals surface area contributed by atoms with Crippen LogP contribution in [0.1, 0.15) is 59.3 Å². The van der Waals surface area contributed by atoms with Crippen LogP contribution in [0.2, 0.25) is 10.0 Å². The van der Waals surface area contributed by atoms with E-state index in [2.05, 4.69) is 0 Å². The van der Waals surface area contributed by atoms with Crippen molar-refractivity contribution in [3.05, 3.63) is 28.2 Å². The Morgan fingerprint density at radius 2 is 1.76 bits per heavy atom. The monoisotopic (exact) mass is 514 g/mol. The number of amides is 1. The molecular weight excluding hydrogens is 483 g/mol. The number of rotatable bonds is 8. The van der Waals surface area contributed by atoms with E-state index in [0.29, 0.717) is 12.3 Å². The van der Waals surface area contributed by atoms with Crippen molar-refractivity contribution in [2.24, 2.45) is 34.8 Å². The highest BCUT2D eigenvalue weighted by Gasteiger charge is 2.58. The standard InChI is InChI=1S/C24H32Cl2N2O4S/c1-4-28(33(31,32)19-7-5-6-18(25)21(19)26)23(2,3)20(29)10-17-15-8-14-9-16(17)13-24(11-14,12-15)22(27)30/h5-7,14-17H,4,8-13H2,1-3H3,(H2,27,30). The third-order valence-electron chi connectivity index (χ3n) is 8.49. The minimum Gasteiger partial charge on any atom is -0.369 e. The van der Waals surface area contributed by atoms with Crippen molar-refractivity contribution in [1.82, 2.24) is 4.31 Å². The van der Waals surface area contributed by atoms with E-state index in [1.165, 1.54) is 22.5 Å². The van der Waals surface area contributed by atoms with Crippen LogP contribution < -0.4 is 5.73 Å². The summed E-state index contributed by atoms with van der Waals surface area (Å²) in [6.45, 7) is 5.16. The lowest BCUT2D eigenvalue weighted by atomic mass is 9.45. The van der Waals surface area contributed by atoms with Gasteiger partial charge in [-0.2, -0.15) is 4.31 Å². The molecule has 0 heterocycles. The molecule has 0 saturated heterocycles.